The SMILES string of the molecule is Nc1cccc[n+]1CCC(=O)c1ccc(Br)cc1. The van der Waals surface area contributed by atoms with Gasteiger partial charge in [0.25, 0.3) is 5.82 Å². The molecule has 0 aliphatic carbocycles. The molecular formula is C14H14BrN2O+. The van der Waals surface area contributed by atoms with Crippen molar-refractivity contribution < 1.29 is 9.36 Å². The molecule has 0 saturated heterocycles. The highest BCUT2D eigenvalue weighted by Crippen LogP contribution is 2.12. The second kappa shape index (κ2) is 5.78. The maximum absolute atomic E-state index is 12.0. The van der Waals surface area contributed by atoms with E-state index < -0.39 is 0 Å². The van der Waals surface area contributed by atoms with Crippen molar-refractivity contribution in [3.8, 4) is 0 Å². The van der Waals surface area contributed by atoms with Crippen molar-refractivity contribution >= 4 is 27.5 Å². The zero-order valence-electron chi connectivity index (χ0n) is 9.84. The van der Waals surface area contributed by atoms with E-state index in [0.717, 1.165) is 10.0 Å². The van der Waals surface area contributed by atoms with Crippen LogP contribution >= 0.6 is 15.9 Å². The molecule has 1 aromatic carbocycles. The van der Waals surface area contributed by atoms with Crippen LogP contribution in [0.25, 0.3) is 0 Å². The molecule has 0 atom stereocenters. The number of benzene rings is 1. The van der Waals surface area contributed by atoms with Crippen LogP contribution in [0.15, 0.2) is 53.1 Å². The number of aromatic nitrogens is 1. The average Bonchev–Trinajstić information content (AvgIpc) is 2.38. The molecule has 1 aromatic heterocycles. The second-order valence-electron chi connectivity index (χ2n) is 4.00. The van der Waals surface area contributed by atoms with Crippen LogP contribution in [0.5, 0.6) is 0 Å². The van der Waals surface area contributed by atoms with E-state index in [4.69, 9.17) is 5.73 Å². The van der Waals surface area contributed by atoms with E-state index in [1.807, 2.05) is 53.2 Å². The first-order valence-corrected chi connectivity index (χ1v) is 6.49. The number of nitrogens with two attached hydrogens (primary N) is 1. The number of hydrogen-bond acceptors (Lipinski definition) is 2. The van der Waals surface area contributed by atoms with Gasteiger partial charge in [-0.2, -0.15) is 0 Å². The summed E-state index contributed by atoms with van der Waals surface area (Å²) in [6, 6.07) is 13.0. The third-order valence-electron chi connectivity index (χ3n) is 2.72. The fourth-order valence-corrected chi connectivity index (χ4v) is 1.96. The highest BCUT2D eigenvalue weighted by Gasteiger charge is 2.09. The van der Waals surface area contributed by atoms with Crippen molar-refractivity contribution in [3.05, 3.63) is 58.7 Å². The van der Waals surface area contributed by atoms with Crippen LogP contribution in [0.3, 0.4) is 0 Å². The number of carbonyl (C=O) groups excluding carboxylic acids is 1. The van der Waals surface area contributed by atoms with Gasteiger partial charge in [-0.25, -0.2) is 4.57 Å². The fraction of sp³-hybridized carbons (Fsp3) is 0.143. The third-order valence-corrected chi connectivity index (χ3v) is 3.25. The van der Waals surface area contributed by atoms with Gasteiger partial charge in [0, 0.05) is 22.5 Å². The number of rotatable bonds is 4. The number of anilines is 1. The Kier molecular flexibility index (Phi) is 4.10. The lowest BCUT2D eigenvalue weighted by atomic mass is 10.1. The van der Waals surface area contributed by atoms with Crippen molar-refractivity contribution in [2.45, 2.75) is 13.0 Å². The third kappa shape index (κ3) is 3.17. The van der Waals surface area contributed by atoms with Gasteiger partial charge >= 0.3 is 0 Å². The second-order valence-corrected chi connectivity index (χ2v) is 4.91. The topological polar surface area (TPSA) is 47.0 Å². The fourth-order valence-electron chi connectivity index (χ4n) is 1.70. The van der Waals surface area contributed by atoms with Gasteiger partial charge < -0.3 is 0 Å². The summed E-state index contributed by atoms with van der Waals surface area (Å²) in [5.74, 6) is 0.791. The van der Waals surface area contributed by atoms with Crippen molar-refractivity contribution in [1.29, 1.82) is 0 Å². The quantitative estimate of drug-likeness (QED) is 0.697. The number of halogens is 1. The summed E-state index contributed by atoms with van der Waals surface area (Å²) >= 11 is 3.35. The van der Waals surface area contributed by atoms with Gasteiger partial charge in [0.2, 0.25) is 0 Å². The number of hydrogen-bond donors (Lipinski definition) is 1. The smallest absolute Gasteiger partial charge is 0.272 e. The number of Topliss-reactive ketones (excluding diaryl/α,β-unsaturated/α-hetero) is 1. The van der Waals surface area contributed by atoms with Gasteiger partial charge in [-0.15, -0.1) is 0 Å². The molecule has 0 spiro atoms. The van der Waals surface area contributed by atoms with Crippen molar-refractivity contribution in [2.75, 3.05) is 5.73 Å². The Labute approximate surface area is 114 Å². The Balaban J connectivity index is 2.01. The number of nitrogens with zero attached hydrogens (tertiary/aromatic N) is 1. The van der Waals surface area contributed by atoms with E-state index in [0.29, 0.717) is 18.8 Å². The number of nitrogen functional groups attached to an aromatic ring is 1. The van der Waals surface area contributed by atoms with Crippen LogP contribution in [0.2, 0.25) is 0 Å². The van der Waals surface area contributed by atoms with Gasteiger partial charge in [-0.3, -0.25) is 10.5 Å². The molecule has 18 heavy (non-hydrogen) atoms. The van der Waals surface area contributed by atoms with Crippen molar-refractivity contribution in [2.24, 2.45) is 0 Å². The molecule has 0 aliphatic heterocycles. The summed E-state index contributed by atoms with van der Waals surface area (Å²) in [7, 11) is 0. The summed E-state index contributed by atoms with van der Waals surface area (Å²) in [5, 5.41) is 0. The first-order chi connectivity index (χ1) is 8.66. The number of ketones is 1. The van der Waals surface area contributed by atoms with Gasteiger partial charge in [0.05, 0.1) is 12.7 Å². The van der Waals surface area contributed by atoms with E-state index in [1.165, 1.54) is 0 Å². The maximum atomic E-state index is 12.0. The number of carbonyl (C=O) groups is 1. The monoisotopic (exact) mass is 305 g/mol. The van der Waals surface area contributed by atoms with Crippen LogP contribution in [0.1, 0.15) is 16.8 Å². The largest absolute Gasteiger partial charge is 0.294 e. The zero-order chi connectivity index (χ0) is 13.0. The Morgan fingerprint density at radius 1 is 1.17 bits per heavy atom. The predicted molar refractivity (Wildman–Crippen MR) is 74.1 cm³/mol. The Morgan fingerprint density at radius 3 is 2.56 bits per heavy atom. The molecule has 92 valence electrons. The van der Waals surface area contributed by atoms with Gasteiger partial charge in [-0.1, -0.05) is 34.1 Å². The molecule has 0 unspecified atom stereocenters. The van der Waals surface area contributed by atoms with Crippen LogP contribution in [-0.2, 0) is 6.54 Å². The van der Waals surface area contributed by atoms with Gasteiger partial charge in [-0.05, 0) is 18.2 Å². The molecule has 2 aromatic rings. The number of aryl methyl sites for hydroxylation is 1. The van der Waals surface area contributed by atoms with Crippen molar-refractivity contribution in [3.63, 3.8) is 0 Å². The standard InChI is InChI=1S/C14H13BrN2O/c15-12-6-4-11(5-7-12)13(18)8-10-17-9-2-1-3-14(17)16/h1-7,9,16H,8,10H2/p+1. The number of pyridine rings is 1. The molecule has 2 rings (SSSR count). The van der Waals surface area contributed by atoms with E-state index >= 15 is 0 Å². The lowest BCUT2D eigenvalue weighted by Gasteiger charge is -2.03. The van der Waals surface area contributed by atoms with Gasteiger partial charge in [0.15, 0.2) is 5.78 Å². The van der Waals surface area contributed by atoms with Crippen LogP contribution in [0, 0.1) is 0 Å². The molecule has 0 saturated carbocycles. The summed E-state index contributed by atoms with van der Waals surface area (Å²) in [6.07, 6.45) is 2.32. The van der Waals surface area contributed by atoms with E-state index in [9.17, 15) is 4.79 Å². The first-order valence-electron chi connectivity index (χ1n) is 5.69. The molecule has 2 N–H and O–H groups in total. The molecular weight excluding hydrogens is 292 g/mol. The minimum atomic E-state index is 0.123. The van der Waals surface area contributed by atoms with E-state index in [2.05, 4.69) is 15.9 Å². The van der Waals surface area contributed by atoms with Crippen LogP contribution in [0.4, 0.5) is 5.82 Å². The van der Waals surface area contributed by atoms with Crippen molar-refractivity contribution in [1.82, 2.24) is 0 Å². The summed E-state index contributed by atoms with van der Waals surface area (Å²) in [4.78, 5) is 12.0. The molecule has 0 radical (unpaired) electrons. The molecule has 0 amide bonds. The zero-order valence-corrected chi connectivity index (χ0v) is 11.4. The summed E-state index contributed by atoms with van der Waals surface area (Å²) < 4.78 is 2.84. The van der Waals surface area contributed by atoms with Crippen LogP contribution in [-0.4, -0.2) is 5.78 Å². The van der Waals surface area contributed by atoms with Crippen LogP contribution < -0.4 is 10.3 Å². The lowest BCUT2D eigenvalue weighted by Crippen LogP contribution is -2.37. The average molecular weight is 306 g/mol. The molecule has 0 aliphatic rings. The molecule has 4 heteroatoms. The first kappa shape index (κ1) is 12.8. The molecule has 1 heterocycles. The normalized spacial score (nSPS) is 10.3. The minimum Gasteiger partial charge on any atom is -0.294 e. The minimum absolute atomic E-state index is 0.123. The van der Waals surface area contributed by atoms with E-state index in [-0.39, 0.29) is 5.78 Å². The molecule has 0 fully saturated rings. The predicted octanol–water partition coefficient (Wildman–Crippen LogP) is 2.59. The Bertz CT molecular complexity index is 552. The Hall–Kier alpha value is -1.68. The summed E-state index contributed by atoms with van der Waals surface area (Å²) in [5.41, 5.74) is 6.54. The maximum Gasteiger partial charge on any atom is 0.272 e. The van der Waals surface area contributed by atoms with Gasteiger partial charge in [0.1, 0.15) is 0 Å². The highest BCUT2D eigenvalue weighted by atomic mass is 79.9. The van der Waals surface area contributed by atoms with E-state index in [1.54, 1.807) is 0 Å². The lowest BCUT2D eigenvalue weighted by molar-refractivity contribution is -0.681. The summed E-state index contributed by atoms with van der Waals surface area (Å²) in [6.45, 7) is 0.599. The Morgan fingerprint density at radius 2 is 1.89 bits per heavy atom. The highest BCUT2D eigenvalue weighted by molar-refractivity contribution is 9.10. The molecule has 3 nitrogen and oxygen atoms in total. The molecule has 0 bridgehead atoms.